The van der Waals surface area contributed by atoms with E-state index in [2.05, 4.69) is 15.3 Å². The van der Waals surface area contributed by atoms with Crippen molar-refractivity contribution < 1.29 is 28.2 Å². The largest absolute Gasteiger partial charge is 0.444 e. The Bertz CT molecular complexity index is 1200. The summed E-state index contributed by atoms with van der Waals surface area (Å²) in [6.07, 6.45) is 5.83. The number of carbonyl (C=O) groups is 3. The number of likely N-dealkylation sites (tertiary alicyclic amines) is 1. The summed E-state index contributed by atoms with van der Waals surface area (Å²) in [6, 6.07) is 4.36. The van der Waals surface area contributed by atoms with Crippen molar-refractivity contribution in [2.24, 2.45) is 0 Å². The first-order valence-electron chi connectivity index (χ1n) is 13.9. The molecule has 4 rings (SSSR count). The number of benzene rings is 1. The Morgan fingerprint density at radius 2 is 1.73 bits per heavy atom. The molecule has 10 nitrogen and oxygen atoms in total. The minimum Gasteiger partial charge on any atom is -0.444 e. The molecule has 1 aromatic carbocycles. The quantitative estimate of drug-likeness (QED) is 0.464. The number of hydrogen-bond acceptors (Lipinski definition) is 7. The highest BCUT2D eigenvalue weighted by atomic mass is 19.1. The first kappa shape index (κ1) is 29.4. The van der Waals surface area contributed by atoms with Crippen LogP contribution >= 0.6 is 0 Å². The Morgan fingerprint density at radius 1 is 1.07 bits per heavy atom. The van der Waals surface area contributed by atoms with Crippen molar-refractivity contribution in [3.05, 3.63) is 47.5 Å². The van der Waals surface area contributed by atoms with E-state index in [1.54, 1.807) is 11.0 Å². The normalized spacial score (nSPS) is 16.0. The molecule has 3 amide bonds. The van der Waals surface area contributed by atoms with Crippen LogP contribution in [0.2, 0.25) is 0 Å². The van der Waals surface area contributed by atoms with Gasteiger partial charge >= 0.3 is 6.09 Å². The Hall–Kier alpha value is -3.60. The van der Waals surface area contributed by atoms with E-state index in [1.807, 2.05) is 32.6 Å². The number of rotatable bonds is 9. The van der Waals surface area contributed by atoms with Gasteiger partial charge in [-0.15, -0.1) is 0 Å². The number of carbonyl (C=O) groups excluding carboxylic acids is 3. The van der Waals surface area contributed by atoms with Crippen LogP contribution in [-0.4, -0.2) is 88.2 Å². The predicted octanol–water partition coefficient (Wildman–Crippen LogP) is 4.05. The van der Waals surface area contributed by atoms with Gasteiger partial charge in [-0.05, 0) is 65.5 Å². The van der Waals surface area contributed by atoms with Crippen LogP contribution in [0.15, 0.2) is 30.6 Å². The van der Waals surface area contributed by atoms with E-state index in [-0.39, 0.29) is 42.0 Å². The molecule has 1 aliphatic carbocycles. The van der Waals surface area contributed by atoms with Gasteiger partial charge in [-0.25, -0.2) is 19.2 Å². The number of nitrogens with one attached hydrogen (secondary N) is 1. The van der Waals surface area contributed by atoms with Gasteiger partial charge in [-0.3, -0.25) is 9.59 Å². The van der Waals surface area contributed by atoms with E-state index >= 15 is 0 Å². The van der Waals surface area contributed by atoms with Crippen LogP contribution < -0.4 is 5.32 Å². The van der Waals surface area contributed by atoms with Crippen LogP contribution in [0.1, 0.15) is 74.1 Å². The van der Waals surface area contributed by atoms with Crippen LogP contribution in [0.3, 0.4) is 0 Å². The zero-order valence-electron chi connectivity index (χ0n) is 23.6. The second kappa shape index (κ2) is 12.7. The van der Waals surface area contributed by atoms with Crippen molar-refractivity contribution in [2.75, 3.05) is 32.8 Å². The summed E-state index contributed by atoms with van der Waals surface area (Å²) in [5.74, 6) is -1.10. The second-order valence-corrected chi connectivity index (χ2v) is 11.1. The van der Waals surface area contributed by atoms with Crippen molar-refractivity contribution in [3.63, 3.8) is 0 Å². The highest BCUT2D eigenvalue weighted by Gasteiger charge is 2.40. The molecule has 1 N–H and O–H groups in total. The lowest BCUT2D eigenvalue weighted by Gasteiger charge is -2.39. The Morgan fingerprint density at radius 3 is 2.30 bits per heavy atom. The van der Waals surface area contributed by atoms with Gasteiger partial charge in [0, 0.05) is 56.3 Å². The van der Waals surface area contributed by atoms with Gasteiger partial charge in [0.05, 0.1) is 17.7 Å². The molecule has 2 aromatic rings. The zero-order chi connectivity index (χ0) is 28.9. The highest BCUT2D eigenvalue weighted by molar-refractivity contribution is 5.95. The van der Waals surface area contributed by atoms with Crippen molar-refractivity contribution in [1.29, 1.82) is 0 Å². The van der Waals surface area contributed by atoms with E-state index in [4.69, 9.17) is 9.47 Å². The number of hydrogen-bond donors (Lipinski definition) is 1. The summed E-state index contributed by atoms with van der Waals surface area (Å²) >= 11 is 0. The molecule has 1 aromatic heterocycles. The topological polar surface area (TPSA) is 114 Å². The summed E-state index contributed by atoms with van der Waals surface area (Å²) in [7, 11) is 0. The van der Waals surface area contributed by atoms with Gasteiger partial charge < -0.3 is 24.6 Å². The summed E-state index contributed by atoms with van der Waals surface area (Å²) in [4.78, 5) is 50.5. The van der Waals surface area contributed by atoms with Gasteiger partial charge in [0.25, 0.3) is 11.8 Å². The van der Waals surface area contributed by atoms with Crippen LogP contribution in [0.5, 0.6) is 0 Å². The van der Waals surface area contributed by atoms with Gasteiger partial charge in [0.15, 0.2) is 5.82 Å². The molecular formula is C29H38FN5O5. The molecule has 0 unspecified atom stereocenters. The van der Waals surface area contributed by atoms with E-state index < -0.39 is 17.3 Å². The lowest BCUT2D eigenvalue weighted by Crippen LogP contribution is -2.50. The molecule has 40 heavy (non-hydrogen) atoms. The molecule has 11 heteroatoms. The molecule has 0 atom stereocenters. The molecule has 0 spiro atoms. The van der Waals surface area contributed by atoms with Crippen LogP contribution in [0.4, 0.5) is 9.18 Å². The SMILES string of the molecule is CCOCCNC(=O)c1ccc(-c2ncc(C(=O)N(C3CC3)C3CCN(C(=O)OC(C)(C)C)CC3)cn2)cc1F. The molecule has 216 valence electrons. The summed E-state index contributed by atoms with van der Waals surface area (Å²) in [6.45, 7) is 9.61. The monoisotopic (exact) mass is 555 g/mol. The Labute approximate surface area is 234 Å². The summed E-state index contributed by atoms with van der Waals surface area (Å²) in [5.41, 5.74) is 0.124. The number of piperidine rings is 1. The molecule has 0 bridgehead atoms. The van der Waals surface area contributed by atoms with Crippen LogP contribution in [0, 0.1) is 5.82 Å². The minimum absolute atomic E-state index is 0.0136. The summed E-state index contributed by atoms with van der Waals surface area (Å²) < 4.78 is 25.4. The fourth-order valence-corrected chi connectivity index (χ4v) is 4.69. The molecule has 2 fully saturated rings. The molecule has 1 saturated heterocycles. The van der Waals surface area contributed by atoms with Crippen LogP contribution in [0.25, 0.3) is 11.4 Å². The first-order chi connectivity index (χ1) is 19.1. The van der Waals surface area contributed by atoms with Crippen molar-refractivity contribution in [1.82, 2.24) is 25.1 Å². The maximum atomic E-state index is 14.7. The Balaban J connectivity index is 1.38. The molecular weight excluding hydrogens is 517 g/mol. The van der Waals surface area contributed by atoms with Crippen molar-refractivity contribution in [3.8, 4) is 11.4 Å². The van der Waals surface area contributed by atoms with Gasteiger partial charge in [0.1, 0.15) is 11.4 Å². The zero-order valence-corrected chi connectivity index (χ0v) is 23.6. The van der Waals surface area contributed by atoms with Gasteiger partial charge in [0.2, 0.25) is 0 Å². The van der Waals surface area contributed by atoms with Gasteiger partial charge in [-0.2, -0.15) is 0 Å². The average Bonchev–Trinajstić information content (AvgIpc) is 3.76. The molecule has 1 saturated carbocycles. The molecule has 0 radical (unpaired) electrons. The molecule has 2 heterocycles. The van der Waals surface area contributed by atoms with E-state index in [0.717, 1.165) is 12.8 Å². The number of ether oxygens (including phenoxy) is 2. The predicted molar refractivity (Wildman–Crippen MR) is 146 cm³/mol. The fraction of sp³-hybridized carbons (Fsp3) is 0.552. The van der Waals surface area contributed by atoms with E-state index in [9.17, 15) is 18.8 Å². The van der Waals surface area contributed by atoms with Crippen molar-refractivity contribution >= 4 is 17.9 Å². The standard InChI is InChI=1S/C29H38FN5O5/c1-5-39-15-12-31-26(36)23-9-6-19(16-24(23)30)25-32-17-20(18-33-25)27(37)35(21-7-8-21)22-10-13-34(14-11-22)28(38)40-29(2,3)4/h6,9,16-18,21-22H,5,7-8,10-15H2,1-4H3,(H,31,36). The minimum atomic E-state index is -0.687. The third kappa shape index (κ3) is 7.53. The lowest BCUT2D eigenvalue weighted by molar-refractivity contribution is 0.0142. The summed E-state index contributed by atoms with van der Waals surface area (Å²) in [5, 5.41) is 2.62. The molecule has 1 aliphatic heterocycles. The highest BCUT2D eigenvalue weighted by Crippen LogP contribution is 2.33. The second-order valence-electron chi connectivity index (χ2n) is 11.1. The number of amides is 3. The number of halogens is 1. The van der Waals surface area contributed by atoms with E-state index in [1.165, 1.54) is 24.5 Å². The number of nitrogens with zero attached hydrogens (tertiary/aromatic N) is 4. The Kier molecular flexibility index (Phi) is 9.34. The maximum absolute atomic E-state index is 14.7. The fourth-order valence-electron chi connectivity index (χ4n) is 4.69. The first-order valence-corrected chi connectivity index (χ1v) is 13.9. The van der Waals surface area contributed by atoms with Crippen LogP contribution in [-0.2, 0) is 9.47 Å². The molecule has 2 aliphatic rings. The third-order valence-electron chi connectivity index (χ3n) is 6.79. The maximum Gasteiger partial charge on any atom is 0.410 e. The average molecular weight is 556 g/mol. The third-order valence-corrected chi connectivity index (χ3v) is 6.79. The smallest absolute Gasteiger partial charge is 0.410 e. The van der Waals surface area contributed by atoms with Crippen molar-refractivity contribution in [2.45, 2.75) is 71.1 Å². The lowest BCUT2D eigenvalue weighted by atomic mass is 10.0. The number of aromatic nitrogens is 2. The van der Waals surface area contributed by atoms with Gasteiger partial charge in [-0.1, -0.05) is 6.07 Å². The van der Waals surface area contributed by atoms with E-state index in [0.29, 0.717) is 50.3 Å².